The lowest BCUT2D eigenvalue weighted by Crippen LogP contribution is -2.48. The molecule has 186 valence electrons. The van der Waals surface area contributed by atoms with Crippen LogP contribution in [-0.2, 0) is 16.4 Å². The van der Waals surface area contributed by atoms with Crippen LogP contribution in [-0.4, -0.2) is 69.0 Å². The number of hydrogen-bond donors (Lipinski definition) is 1. The first-order valence-corrected chi connectivity index (χ1v) is 12.7. The Labute approximate surface area is 197 Å². The van der Waals surface area contributed by atoms with Crippen LogP contribution in [0.25, 0.3) is 0 Å². The van der Waals surface area contributed by atoms with Crippen molar-refractivity contribution in [3.05, 3.63) is 59.7 Å². The quantitative estimate of drug-likeness (QED) is 0.569. The van der Waals surface area contributed by atoms with Gasteiger partial charge in [0.05, 0.1) is 11.4 Å². The third-order valence-corrected chi connectivity index (χ3v) is 6.83. The Bertz CT molecular complexity index is 1070. The molecule has 34 heavy (non-hydrogen) atoms. The zero-order valence-corrected chi connectivity index (χ0v) is 19.7. The van der Waals surface area contributed by atoms with Crippen molar-refractivity contribution in [1.82, 2.24) is 9.80 Å². The van der Waals surface area contributed by atoms with Crippen LogP contribution in [0, 0.1) is 0 Å². The summed E-state index contributed by atoms with van der Waals surface area (Å²) in [6, 6.07) is 13.5. The molecule has 1 N–H and O–H groups in total. The number of alkyl halides is 3. The highest BCUT2D eigenvalue weighted by Gasteiger charge is 2.33. The van der Waals surface area contributed by atoms with E-state index in [-0.39, 0.29) is 17.0 Å². The molecule has 2 aromatic carbocycles. The van der Waals surface area contributed by atoms with Gasteiger partial charge in [-0.05, 0) is 50.1 Å². The number of rotatable bonds is 9. The van der Waals surface area contributed by atoms with Gasteiger partial charge >= 0.3 is 6.36 Å². The molecule has 7 nitrogen and oxygen atoms in total. The van der Waals surface area contributed by atoms with Gasteiger partial charge in [-0.1, -0.05) is 30.3 Å². The van der Waals surface area contributed by atoms with Crippen molar-refractivity contribution in [3.63, 3.8) is 0 Å². The molecular weight excluding hydrogens is 471 g/mol. The minimum atomic E-state index is -5.04. The molecule has 1 heterocycles. The number of piperazine rings is 1. The predicted molar refractivity (Wildman–Crippen MR) is 123 cm³/mol. The standard InChI is InChI=1S/C23H28F3N3O4S/c1-2-34(31,32)27-20-11-10-19(17-21(20)33-23(24,25)26)22(30)29-15-13-28(14-16-29)12-6-9-18-7-4-3-5-8-18/h3-5,7-8,10-11,17,27H,2,6,9,12-16H2,1H3. The van der Waals surface area contributed by atoms with Gasteiger partial charge in [0.15, 0.2) is 5.75 Å². The van der Waals surface area contributed by atoms with Crippen LogP contribution in [0.1, 0.15) is 29.3 Å². The normalized spacial score (nSPS) is 15.2. The second kappa shape index (κ2) is 11.1. The molecule has 0 aliphatic carbocycles. The van der Waals surface area contributed by atoms with E-state index < -0.39 is 28.0 Å². The van der Waals surface area contributed by atoms with Gasteiger partial charge in [-0.2, -0.15) is 0 Å². The van der Waals surface area contributed by atoms with Gasteiger partial charge < -0.3 is 9.64 Å². The first-order chi connectivity index (χ1) is 16.1. The van der Waals surface area contributed by atoms with E-state index in [1.54, 1.807) is 4.90 Å². The molecule has 3 rings (SSSR count). The molecule has 1 fully saturated rings. The molecule has 0 radical (unpaired) electrons. The van der Waals surface area contributed by atoms with Crippen molar-refractivity contribution in [1.29, 1.82) is 0 Å². The number of hydrogen-bond acceptors (Lipinski definition) is 5. The van der Waals surface area contributed by atoms with Crippen LogP contribution in [0.5, 0.6) is 5.75 Å². The monoisotopic (exact) mass is 499 g/mol. The van der Waals surface area contributed by atoms with E-state index in [0.717, 1.165) is 31.5 Å². The number of nitrogens with one attached hydrogen (secondary N) is 1. The minimum absolute atomic E-state index is 0.00350. The molecule has 2 aromatic rings. The zero-order valence-electron chi connectivity index (χ0n) is 18.8. The predicted octanol–water partition coefficient (Wildman–Crippen LogP) is 3.74. The lowest BCUT2D eigenvalue weighted by atomic mass is 10.1. The highest BCUT2D eigenvalue weighted by molar-refractivity contribution is 7.92. The summed E-state index contributed by atoms with van der Waals surface area (Å²) in [6.45, 7) is 4.48. The van der Waals surface area contributed by atoms with E-state index >= 15 is 0 Å². The average Bonchev–Trinajstić information content (AvgIpc) is 2.80. The fourth-order valence-electron chi connectivity index (χ4n) is 3.70. The lowest BCUT2D eigenvalue weighted by Gasteiger charge is -2.35. The van der Waals surface area contributed by atoms with Crippen molar-refractivity contribution < 1.29 is 31.1 Å². The third kappa shape index (κ3) is 7.63. The van der Waals surface area contributed by atoms with Gasteiger partial charge in [0.1, 0.15) is 0 Å². The van der Waals surface area contributed by atoms with Crippen molar-refractivity contribution >= 4 is 21.6 Å². The number of amides is 1. The Morgan fingerprint density at radius 3 is 2.35 bits per heavy atom. The van der Waals surface area contributed by atoms with Gasteiger partial charge in [0.25, 0.3) is 5.91 Å². The molecule has 0 unspecified atom stereocenters. The first-order valence-electron chi connectivity index (χ1n) is 11.0. The van der Waals surface area contributed by atoms with Crippen molar-refractivity contribution in [2.24, 2.45) is 0 Å². The molecule has 1 amide bonds. The molecule has 1 saturated heterocycles. The van der Waals surface area contributed by atoms with Crippen molar-refractivity contribution in [3.8, 4) is 5.75 Å². The van der Waals surface area contributed by atoms with Gasteiger partial charge in [0, 0.05) is 31.7 Å². The number of carbonyl (C=O) groups excluding carboxylic acids is 1. The van der Waals surface area contributed by atoms with E-state index in [1.807, 2.05) is 18.2 Å². The van der Waals surface area contributed by atoms with Gasteiger partial charge in [0.2, 0.25) is 10.0 Å². The molecule has 1 aliphatic heterocycles. The molecule has 0 aromatic heterocycles. The molecule has 1 aliphatic rings. The highest BCUT2D eigenvalue weighted by atomic mass is 32.2. The van der Waals surface area contributed by atoms with Gasteiger partial charge in [-0.25, -0.2) is 8.42 Å². The fraction of sp³-hybridized carbons (Fsp3) is 0.435. The number of ether oxygens (including phenoxy) is 1. The van der Waals surface area contributed by atoms with Gasteiger partial charge in [-0.15, -0.1) is 13.2 Å². The summed E-state index contributed by atoms with van der Waals surface area (Å²) in [7, 11) is -3.83. The van der Waals surface area contributed by atoms with Crippen LogP contribution >= 0.6 is 0 Å². The summed E-state index contributed by atoms with van der Waals surface area (Å²) in [6.07, 6.45) is -3.08. The Balaban J connectivity index is 1.61. The Kier molecular flexibility index (Phi) is 8.42. The first kappa shape index (κ1) is 25.8. The smallest absolute Gasteiger partial charge is 0.404 e. The van der Waals surface area contributed by atoms with E-state index in [1.165, 1.54) is 18.6 Å². The number of nitrogens with zero attached hydrogens (tertiary/aromatic N) is 2. The number of anilines is 1. The summed E-state index contributed by atoms with van der Waals surface area (Å²) in [5.74, 6) is -1.52. The minimum Gasteiger partial charge on any atom is -0.404 e. The van der Waals surface area contributed by atoms with E-state index in [9.17, 15) is 26.4 Å². The number of benzene rings is 2. The summed E-state index contributed by atoms with van der Waals surface area (Å²) >= 11 is 0. The maximum atomic E-state index is 12.9. The fourth-order valence-corrected chi connectivity index (χ4v) is 4.35. The second-order valence-corrected chi connectivity index (χ2v) is 10.00. The number of halogens is 3. The third-order valence-electron chi connectivity index (χ3n) is 5.54. The van der Waals surface area contributed by atoms with Crippen molar-refractivity contribution in [2.75, 3.05) is 43.2 Å². The average molecular weight is 500 g/mol. The Morgan fingerprint density at radius 2 is 1.74 bits per heavy atom. The molecular formula is C23H28F3N3O4S. The van der Waals surface area contributed by atoms with E-state index in [2.05, 4.69) is 26.5 Å². The summed E-state index contributed by atoms with van der Waals surface area (Å²) in [5.41, 5.74) is 0.896. The zero-order chi connectivity index (χ0) is 24.8. The SMILES string of the molecule is CCS(=O)(=O)Nc1ccc(C(=O)N2CCN(CCCc3ccccc3)CC2)cc1OC(F)(F)F. The molecule has 0 saturated carbocycles. The number of aryl methyl sites for hydroxylation is 1. The van der Waals surface area contributed by atoms with Gasteiger partial charge in [-0.3, -0.25) is 14.4 Å². The van der Waals surface area contributed by atoms with Crippen LogP contribution in [0.15, 0.2) is 48.5 Å². The molecule has 0 spiro atoms. The summed E-state index contributed by atoms with van der Waals surface area (Å²) in [4.78, 5) is 16.7. The number of sulfonamides is 1. The van der Waals surface area contributed by atoms with Crippen LogP contribution in [0.2, 0.25) is 0 Å². The van der Waals surface area contributed by atoms with E-state index in [4.69, 9.17) is 0 Å². The summed E-state index contributed by atoms with van der Waals surface area (Å²) < 4.78 is 68.3. The maximum absolute atomic E-state index is 12.9. The highest BCUT2D eigenvalue weighted by Crippen LogP contribution is 2.32. The molecule has 0 atom stereocenters. The van der Waals surface area contributed by atoms with Crippen LogP contribution in [0.4, 0.5) is 18.9 Å². The largest absolute Gasteiger partial charge is 0.573 e. The topological polar surface area (TPSA) is 79.0 Å². The second-order valence-electron chi connectivity index (χ2n) is 7.99. The van der Waals surface area contributed by atoms with E-state index in [0.29, 0.717) is 26.2 Å². The maximum Gasteiger partial charge on any atom is 0.573 e. The number of carbonyl (C=O) groups is 1. The summed E-state index contributed by atoms with van der Waals surface area (Å²) in [5, 5.41) is 0. The Morgan fingerprint density at radius 1 is 1.06 bits per heavy atom. The van der Waals surface area contributed by atoms with Crippen LogP contribution < -0.4 is 9.46 Å². The Hall–Kier alpha value is -2.79. The van der Waals surface area contributed by atoms with Crippen molar-refractivity contribution in [2.45, 2.75) is 26.1 Å². The molecule has 0 bridgehead atoms. The lowest BCUT2D eigenvalue weighted by molar-refractivity contribution is -0.274. The van der Waals surface area contributed by atoms with Crippen LogP contribution in [0.3, 0.4) is 0 Å². The molecule has 11 heteroatoms.